The fourth-order valence-electron chi connectivity index (χ4n) is 4.62. The van der Waals surface area contributed by atoms with Crippen molar-refractivity contribution in [2.45, 2.75) is 25.2 Å². The number of likely N-dealkylation sites (N-methyl/N-ethyl adjacent to an activating group) is 1. The number of benzene rings is 1. The van der Waals surface area contributed by atoms with Crippen molar-refractivity contribution in [3.8, 4) is 0 Å². The van der Waals surface area contributed by atoms with Crippen LogP contribution in [0.1, 0.15) is 18.5 Å². The molecule has 31 heavy (non-hydrogen) atoms. The number of morpholine rings is 1. The molecule has 0 saturated carbocycles. The van der Waals surface area contributed by atoms with Crippen LogP contribution in [-0.2, 0) is 9.53 Å². The van der Waals surface area contributed by atoms with Crippen LogP contribution in [0.25, 0.3) is 16.5 Å². The number of pyridine rings is 1. The lowest BCUT2D eigenvalue weighted by molar-refractivity contribution is -0.119. The second kappa shape index (κ2) is 8.82. The number of carbonyl (C=O) groups excluding carboxylic acids is 1. The number of hydrogen-bond donors (Lipinski definition) is 3. The second-order valence-corrected chi connectivity index (χ2v) is 8.55. The molecule has 164 valence electrons. The molecule has 8 heteroatoms. The number of fused-ring (bicyclic) bond motifs is 1. The van der Waals surface area contributed by atoms with Crippen molar-refractivity contribution in [3.63, 3.8) is 0 Å². The van der Waals surface area contributed by atoms with Gasteiger partial charge in [-0.3, -0.25) is 9.69 Å². The van der Waals surface area contributed by atoms with E-state index >= 15 is 0 Å². The number of aromatic nitrogens is 1. The Morgan fingerprint density at radius 1 is 1.10 bits per heavy atom. The fraction of sp³-hybridized carbons (Fsp3) is 0.478. The molecule has 0 radical (unpaired) electrons. The lowest BCUT2D eigenvalue weighted by Crippen LogP contribution is -2.63. The highest BCUT2D eigenvalue weighted by Gasteiger charge is 2.33. The standard InChI is InChI=1S/C23H30N6O2/c1-28-10-4-6-17(15-28)24-21-20(19-9-8-16-5-2-3-7-18(16)25-19)22(30)27-23(26-21)29-11-13-31-14-12-29/h2-3,5,7-9,17,23-24,26H,4,6,10-15H2,1H3,(H,27,30). The predicted molar refractivity (Wildman–Crippen MR) is 120 cm³/mol. The van der Waals surface area contributed by atoms with Crippen LogP contribution < -0.4 is 16.0 Å². The van der Waals surface area contributed by atoms with Gasteiger partial charge in [-0.25, -0.2) is 4.98 Å². The van der Waals surface area contributed by atoms with E-state index in [4.69, 9.17) is 9.72 Å². The van der Waals surface area contributed by atoms with Gasteiger partial charge in [0.15, 0.2) is 6.29 Å². The molecule has 1 aromatic carbocycles. The van der Waals surface area contributed by atoms with E-state index in [1.54, 1.807) is 0 Å². The van der Waals surface area contributed by atoms with E-state index in [0.717, 1.165) is 55.7 Å². The average Bonchev–Trinajstić information content (AvgIpc) is 2.79. The van der Waals surface area contributed by atoms with Crippen molar-refractivity contribution in [2.75, 3.05) is 46.4 Å². The summed E-state index contributed by atoms with van der Waals surface area (Å²) in [6.07, 6.45) is 1.96. The number of rotatable bonds is 4. The monoisotopic (exact) mass is 422 g/mol. The van der Waals surface area contributed by atoms with Crippen molar-refractivity contribution in [2.24, 2.45) is 0 Å². The fourth-order valence-corrected chi connectivity index (χ4v) is 4.62. The highest BCUT2D eigenvalue weighted by Crippen LogP contribution is 2.23. The first kappa shape index (κ1) is 20.2. The molecule has 0 bridgehead atoms. The molecular weight excluding hydrogens is 392 g/mol. The zero-order chi connectivity index (χ0) is 21.2. The van der Waals surface area contributed by atoms with Crippen molar-refractivity contribution >= 4 is 22.4 Å². The second-order valence-electron chi connectivity index (χ2n) is 8.55. The zero-order valence-electron chi connectivity index (χ0n) is 17.9. The highest BCUT2D eigenvalue weighted by atomic mass is 16.5. The quantitative estimate of drug-likeness (QED) is 0.676. The number of nitrogens with zero attached hydrogens (tertiary/aromatic N) is 3. The molecular formula is C23H30N6O2. The molecule has 5 rings (SSSR count). The Hall–Kier alpha value is -2.68. The van der Waals surface area contributed by atoms with Crippen molar-refractivity contribution in [1.29, 1.82) is 0 Å². The van der Waals surface area contributed by atoms with Gasteiger partial charge in [-0.1, -0.05) is 24.3 Å². The average molecular weight is 423 g/mol. The van der Waals surface area contributed by atoms with Crippen LogP contribution in [0.4, 0.5) is 0 Å². The maximum absolute atomic E-state index is 13.3. The van der Waals surface area contributed by atoms with E-state index in [9.17, 15) is 4.79 Å². The number of ether oxygens (including phenoxy) is 1. The van der Waals surface area contributed by atoms with Crippen molar-refractivity contribution < 1.29 is 9.53 Å². The summed E-state index contributed by atoms with van der Waals surface area (Å²) in [5, 5.41) is 11.4. The maximum atomic E-state index is 13.3. The van der Waals surface area contributed by atoms with E-state index in [-0.39, 0.29) is 18.2 Å². The minimum atomic E-state index is -0.260. The molecule has 3 N–H and O–H groups in total. The number of likely N-dealkylation sites (tertiary alicyclic amines) is 1. The molecule has 1 amide bonds. The number of para-hydroxylation sites is 1. The Labute approximate surface area is 182 Å². The van der Waals surface area contributed by atoms with Gasteiger partial charge in [0.1, 0.15) is 11.4 Å². The first-order valence-electron chi connectivity index (χ1n) is 11.1. The Morgan fingerprint density at radius 2 is 1.94 bits per heavy atom. The summed E-state index contributed by atoms with van der Waals surface area (Å²) in [7, 11) is 2.14. The predicted octanol–water partition coefficient (Wildman–Crippen LogP) is 0.922. The Morgan fingerprint density at radius 3 is 2.77 bits per heavy atom. The summed E-state index contributed by atoms with van der Waals surface area (Å²) >= 11 is 0. The highest BCUT2D eigenvalue weighted by molar-refractivity contribution is 6.20. The molecule has 3 aliphatic rings. The molecule has 3 aliphatic heterocycles. The number of hydrogen-bond acceptors (Lipinski definition) is 7. The minimum Gasteiger partial charge on any atom is -0.379 e. The van der Waals surface area contributed by atoms with Gasteiger partial charge < -0.3 is 25.6 Å². The van der Waals surface area contributed by atoms with E-state index in [1.165, 1.54) is 0 Å². The van der Waals surface area contributed by atoms with E-state index in [0.29, 0.717) is 24.5 Å². The summed E-state index contributed by atoms with van der Waals surface area (Å²) in [5.74, 6) is 0.660. The first-order chi connectivity index (χ1) is 15.2. The van der Waals surface area contributed by atoms with Crippen LogP contribution in [0.2, 0.25) is 0 Å². The van der Waals surface area contributed by atoms with Gasteiger partial charge in [-0.05, 0) is 38.6 Å². The van der Waals surface area contributed by atoms with Gasteiger partial charge in [0.2, 0.25) is 0 Å². The normalized spacial score (nSPS) is 25.9. The first-order valence-corrected chi connectivity index (χ1v) is 11.1. The molecule has 0 aliphatic carbocycles. The number of amides is 1. The van der Waals surface area contributed by atoms with Crippen LogP contribution in [-0.4, -0.2) is 79.5 Å². The van der Waals surface area contributed by atoms with Gasteiger partial charge in [-0.15, -0.1) is 0 Å². The summed E-state index contributed by atoms with van der Waals surface area (Å²) in [6, 6.07) is 12.2. The molecule has 8 nitrogen and oxygen atoms in total. The molecule has 2 saturated heterocycles. The summed E-state index contributed by atoms with van der Waals surface area (Å²) < 4.78 is 5.48. The van der Waals surface area contributed by atoms with Crippen LogP contribution in [0.5, 0.6) is 0 Å². The lowest BCUT2D eigenvalue weighted by Gasteiger charge is -2.40. The molecule has 4 heterocycles. The van der Waals surface area contributed by atoms with E-state index in [1.807, 2.05) is 36.4 Å². The summed E-state index contributed by atoms with van der Waals surface area (Å²) in [6.45, 7) is 4.97. The third-order valence-electron chi connectivity index (χ3n) is 6.26. The molecule has 2 atom stereocenters. The van der Waals surface area contributed by atoms with Crippen LogP contribution in [0.15, 0.2) is 42.2 Å². The molecule has 2 aromatic rings. The summed E-state index contributed by atoms with van der Waals surface area (Å²) in [5.41, 5.74) is 2.13. The molecule has 2 fully saturated rings. The van der Waals surface area contributed by atoms with Crippen molar-refractivity contribution in [3.05, 3.63) is 47.9 Å². The Bertz CT molecular complexity index is 987. The topological polar surface area (TPSA) is 81.8 Å². The van der Waals surface area contributed by atoms with E-state index in [2.05, 4.69) is 32.8 Å². The van der Waals surface area contributed by atoms with Gasteiger partial charge in [0.05, 0.1) is 24.4 Å². The molecule has 1 aromatic heterocycles. The Balaban J connectivity index is 1.50. The smallest absolute Gasteiger partial charge is 0.259 e. The number of piperidine rings is 1. The molecule has 0 spiro atoms. The van der Waals surface area contributed by atoms with Gasteiger partial charge in [0.25, 0.3) is 5.91 Å². The lowest BCUT2D eigenvalue weighted by atomic mass is 10.0. The minimum absolute atomic E-state index is 0.107. The van der Waals surface area contributed by atoms with E-state index < -0.39 is 0 Å². The van der Waals surface area contributed by atoms with Crippen LogP contribution in [0, 0.1) is 0 Å². The van der Waals surface area contributed by atoms with Crippen LogP contribution in [0.3, 0.4) is 0 Å². The third kappa shape index (κ3) is 4.37. The number of nitrogens with one attached hydrogen (secondary N) is 3. The summed E-state index contributed by atoms with van der Waals surface area (Å²) in [4.78, 5) is 22.7. The van der Waals surface area contributed by atoms with Crippen LogP contribution >= 0.6 is 0 Å². The largest absolute Gasteiger partial charge is 0.379 e. The zero-order valence-corrected chi connectivity index (χ0v) is 17.9. The van der Waals surface area contributed by atoms with Gasteiger partial charge in [-0.2, -0.15) is 0 Å². The van der Waals surface area contributed by atoms with Gasteiger partial charge in [0, 0.05) is 31.1 Å². The SMILES string of the molecule is CN1CCCC(NC2=C(c3ccc4ccccc4n3)C(=O)NC(N3CCOCC3)N2)C1. The Kier molecular flexibility index (Phi) is 5.76. The number of carbonyl (C=O) groups is 1. The molecule has 2 unspecified atom stereocenters. The third-order valence-corrected chi connectivity index (χ3v) is 6.26. The maximum Gasteiger partial charge on any atom is 0.259 e. The van der Waals surface area contributed by atoms with Crippen molar-refractivity contribution in [1.82, 2.24) is 30.7 Å². The van der Waals surface area contributed by atoms with Gasteiger partial charge >= 0.3 is 0 Å².